The topological polar surface area (TPSA) is 88.1 Å². The fourth-order valence-electron chi connectivity index (χ4n) is 3.55. The van der Waals surface area contributed by atoms with Crippen LogP contribution in [0.15, 0.2) is 83.9 Å². The predicted octanol–water partition coefficient (Wildman–Crippen LogP) is 5.16. The molecular formula is C27H24FN3O4S. The molecule has 36 heavy (non-hydrogen) atoms. The van der Waals surface area contributed by atoms with E-state index in [4.69, 9.17) is 4.74 Å². The van der Waals surface area contributed by atoms with Crippen LogP contribution in [0.5, 0.6) is 0 Å². The number of ether oxygens (including phenoxy) is 1. The Bertz CT molecular complexity index is 1280. The molecule has 9 heteroatoms. The monoisotopic (exact) mass is 505 g/mol. The average Bonchev–Trinajstić information content (AvgIpc) is 2.87. The highest BCUT2D eigenvalue weighted by Gasteiger charge is 2.36. The third-order valence-corrected chi connectivity index (χ3v) is 6.50. The fraction of sp³-hybridized carbons (Fsp3) is 0.185. The van der Waals surface area contributed by atoms with Crippen LogP contribution < -0.4 is 5.32 Å². The maximum atomic E-state index is 13.8. The van der Waals surface area contributed by atoms with Gasteiger partial charge in [-0.05, 0) is 55.0 Å². The summed E-state index contributed by atoms with van der Waals surface area (Å²) in [4.78, 5) is 44.0. The van der Waals surface area contributed by atoms with Crippen LogP contribution in [0.1, 0.15) is 29.3 Å². The Morgan fingerprint density at radius 2 is 1.83 bits per heavy atom. The zero-order valence-electron chi connectivity index (χ0n) is 19.5. The molecule has 7 nitrogen and oxygen atoms in total. The van der Waals surface area contributed by atoms with Crippen LogP contribution in [-0.4, -0.2) is 39.7 Å². The number of nitrogens with zero attached hydrogens (tertiary/aromatic N) is 2. The number of esters is 1. The minimum Gasteiger partial charge on any atom is -0.462 e. The maximum absolute atomic E-state index is 13.8. The fourth-order valence-corrected chi connectivity index (χ4v) is 4.64. The summed E-state index contributed by atoms with van der Waals surface area (Å²) in [5.74, 6) is -1.52. The third-order valence-electron chi connectivity index (χ3n) is 5.31. The standard InChI is InChI=1S/C27H24FN3O4S/c1-2-35-26(34)19-11-13-21(14-12-19)29-25(33)23-16-24(32)31(17-18-7-4-3-5-8-18)27(36-23)30-22-10-6-9-20(28)15-22/h3-15,23H,2,16-17H2,1H3,(H,29,33). The van der Waals surface area contributed by atoms with Gasteiger partial charge >= 0.3 is 5.97 Å². The van der Waals surface area contributed by atoms with Crippen LogP contribution in [0.4, 0.5) is 15.8 Å². The largest absolute Gasteiger partial charge is 0.462 e. The van der Waals surface area contributed by atoms with Gasteiger partial charge in [-0.3, -0.25) is 14.5 Å². The number of hydrogen-bond acceptors (Lipinski definition) is 6. The smallest absolute Gasteiger partial charge is 0.338 e. The van der Waals surface area contributed by atoms with Crippen molar-refractivity contribution in [1.29, 1.82) is 0 Å². The molecule has 3 aromatic rings. The van der Waals surface area contributed by atoms with Crippen LogP contribution in [0, 0.1) is 5.82 Å². The van der Waals surface area contributed by atoms with Gasteiger partial charge in [-0.1, -0.05) is 48.2 Å². The van der Waals surface area contributed by atoms with Gasteiger partial charge in [0, 0.05) is 12.1 Å². The number of carbonyl (C=O) groups excluding carboxylic acids is 3. The Morgan fingerprint density at radius 1 is 1.08 bits per heavy atom. The second kappa shape index (κ2) is 11.6. The van der Waals surface area contributed by atoms with E-state index in [9.17, 15) is 18.8 Å². The zero-order chi connectivity index (χ0) is 25.5. The van der Waals surface area contributed by atoms with Crippen molar-refractivity contribution >= 4 is 46.1 Å². The van der Waals surface area contributed by atoms with E-state index in [1.165, 1.54) is 23.1 Å². The summed E-state index contributed by atoms with van der Waals surface area (Å²) in [5, 5.41) is 2.37. The second-order valence-corrected chi connectivity index (χ2v) is 9.11. The molecule has 1 N–H and O–H groups in total. The van der Waals surface area contributed by atoms with E-state index >= 15 is 0 Å². The van der Waals surface area contributed by atoms with Gasteiger partial charge in [-0.15, -0.1) is 0 Å². The van der Waals surface area contributed by atoms with Crippen LogP contribution in [0.2, 0.25) is 0 Å². The van der Waals surface area contributed by atoms with Crippen LogP contribution >= 0.6 is 11.8 Å². The average molecular weight is 506 g/mol. The number of carbonyl (C=O) groups is 3. The Labute approximate surface area is 212 Å². The summed E-state index contributed by atoms with van der Waals surface area (Å²) in [6, 6.07) is 21.5. The van der Waals surface area contributed by atoms with Crippen molar-refractivity contribution < 1.29 is 23.5 Å². The lowest BCUT2D eigenvalue weighted by Gasteiger charge is -2.32. The molecule has 184 valence electrons. The van der Waals surface area contributed by atoms with Gasteiger partial charge in [0.25, 0.3) is 0 Å². The molecular weight excluding hydrogens is 481 g/mol. The summed E-state index contributed by atoms with van der Waals surface area (Å²) in [6.07, 6.45) is -0.0214. The Balaban J connectivity index is 1.53. The van der Waals surface area contributed by atoms with E-state index in [0.717, 1.165) is 17.3 Å². The van der Waals surface area contributed by atoms with E-state index < -0.39 is 17.0 Å². The first kappa shape index (κ1) is 25.1. The van der Waals surface area contributed by atoms with Gasteiger partial charge in [0.15, 0.2) is 5.17 Å². The molecule has 4 rings (SSSR count). The molecule has 0 radical (unpaired) electrons. The summed E-state index contributed by atoms with van der Waals surface area (Å²) in [7, 11) is 0. The molecule has 3 aromatic carbocycles. The van der Waals surface area contributed by atoms with E-state index in [1.807, 2.05) is 30.3 Å². The van der Waals surface area contributed by atoms with Crippen molar-refractivity contribution in [3.8, 4) is 0 Å². The highest BCUT2D eigenvalue weighted by molar-refractivity contribution is 8.15. The van der Waals surface area contributed by atoms with Gasteiger partial charge in [-0.2, -0.15) is 0 Å². The quantitative estimate of drug-likeness (QED) is 0.448. The minimum atomic E-state index is -0.735. The van der Waals surface area contributed by atoms with Gasteiger partial charge in [-0.25, -0.2) is 14.2 Å². The minimum absolute atomic E-state index is 0.0214. The summed E-state index contributed by atoms with van der Waals surface area (Å²) < 4.78 is 18.7. The van der Waals surface area contributed by atoms with E-state index in [2.05, 4.69) is 10.3 Å². The highest BCUT2D eigenvalue weighted by Crippen LogP contribution is 2.31. The van der Waals surface area contributed by atoms with Crippen molar-refractivity contribution in [2.24, 2.45) is 4.99 Å². The lowest BCUT2D eigenvalue weighted by atomic mass is 10.2. The molecule has 2 amide bonds. The molecule has 0 aromatic heterocycles. The maximum Gasteiger partial charge on any atom is 0.338 e. The van der Waals surface area contributed by atoms with E-state index in [0.29, 0.717) is 22.1 Å². The van der Waals surface area contributed by atoms with Crippen molar-refractivity contribution in [2.75, 3.05) is 11.9 Å². The predicted molar refractivity (Wildman–Crippen MR) is 138 cm³/mol. The normalized spacial score (nSPS) is 16.6. The number of hydrogen-bond donors (Lipinski definition) is 1. The number of thioether (sulfide) groups is 1. The molecule has 0 spiro atoms. The lowest BCUT2D eigenvalue weighted by Crippen LogP contribution is -2.44. The number of nitrogens with one attached hydrogen (secondary N) is 1. The van der Waals surface area contributed by atoms with Gasteiger partial charge in [0.1, 0.15) is 11.1 Å². The molecule has 1 aliphatic rings. The highest BCUT2D eigenvalue weighted by atomic mass is 32.2. The molecule has 1 atom stereocenters. The van der Waals surface area contributed by atoms with Gasteiger partial charge < -0.3 is 10.1 Å². The molecule has 0 aliphatic carbocycles. The number of benzene rings is 3. The number of rotatable bonds is 7. The summed E-state index contributed by atoms with van der Waals surface area (Å²) in [5.41, 5.74) is 2.11. The summed E-state index contributed by atoms with van der Waals surface area (Å²) >= 11 is 1.15. The molecule has 1 unspecified atom stereocenters. The number of aliphatic imine (C=N–C) groups is 1. The number of halogens is 1. The van der Waals surface area contributed by atoms with E-state index in [1.54, 1.807) is 37.3 Å². The second-order valence-electron chi connectivity index (χ2n) is 7.94. The van der Waals surface area contributed by atoms with Crippen molar-refractivity contribution in [1.82, 2.24) is 4.90 Å². The number of amides is 2. The number of anilines is 1. The molecule has 1 fully saturated rings. The Kier molecular flexibility index (Phi) is 8.12. The first-order valence-corrected chi connectivity index (χ1v) is 12.2. The molecule has 0 bridgehead atoms. The zero-order valence-corrected chi connectivity index (χ0v) is 20.3. The first-order chi connectivity index (χ1) is 17.4. The molecule has 0 saturated carbocycles. The summed E-state index contributed by atoms with van der Waals surface area (Å²) in [6.45, 7) is 2.28. The molecule has 1 saturated heterocycles. The Morgan fingerprint density at radius 3 is 2.53 bits per heavy atom. The SMILES string of the molecule is CCOC(=O)c1ccc(NC(=O)C2CC(=O)N(Cc3ccccc3)C(=Nc3cccc(F)c3)S2)cc1. The first-order valence-electron chi connectivity index (χ1n) is 11.4. The number of amidine groups is 1. The van der Waals surface area contributed by atoms with Crippen LogP contribution in [0.25, 0.3) is 0 Å². The van der Waals surface area contributed by atoms with Crippen molar-refractivity contribution in [3.05, 3.63) is 95.8 Å². The molecule has 1 aliphatic heterocycles. The van der Waals surface area contributed by atoms with Crippen LogP contribution in [-0.2, 0) is 20.9 Å². The van der Waals surface area contributed by atoms with Crippen molar-refractivity contribution in [3.63, 3.8) is 0 Å². The third kappa shape index (κ3) is 6.37. The Hall–Kier alpha value is -3.98. The van der Waals surface area contributed by atoms with Crippen molar-refractivity contribution in [2.45, 2.75) is 25.1 Å². The van der Waals surface area contributed by atoms with Gasteiger partial charge in [0.05, 0.1) is 24.4 Å². The molecule has 1 heterocycles. The van der Waals surface area contributed by atoms with Crippen LogP contribution in [0.3, 0.4) is 0 Å². The van der Waals surface area contributed by atoms with E-state index in [-0.39, 0.29) is 31.4 Å². The van der Waals surface area contributed by atoms with Gasteiger partial charge in [0.2, 0.25) is 11.8 Å². The lowest BCUT2D eigenvalue weighted by molar-refractivity contribution is -0.129.